The van der Waals surface area contributed by atoms with Gasteiger partial charge in [0.05, 0.1) is 31.0 Å². The molecular formula is C37H41Cl2F2N3O4. The van der Waals surface area contributed by atoms with Crippen LogP contribution in [0.4, 0.5) is 14.5 Å². The number of carboxylic acids is 1. The normalized spacial score (nSPS) is 24.5. The number of benzene rings is 3. The number of nitriles is 1. The lowest BCUT2D eigenvalue weighted by Crippen LogP contribution is -2.55. The van der Waals surface area contributed by atoms with E-state index in [1.807, 2.05) is 4.90 Å². The molecule has 0 spiro atoms. The summed E-state index contributed by atoms with van der Waals surface area (Å²) in [6.45, 7) is 8.54. The van der Waals surface area contributed by atoms with Crippen LogP contribution in [0.25, 0.3) is 0 Å². The van der Waals surface area contributed by atoms with Crippen LogP contribution in [0.1, 0.15) is 80.8 Å². The second-order valence-electron chi connectivity index (χ2n) is 13.8. The average Bonchev–Trinajstić information content (AvgIpc) is 3.15. The Morgan fingerprint density at radius 2 is 1.92 bits per heavy atom. The summed E-state index contributed by atoms with van der Waals surface area (Å²) in [5.41, 5.74) is -0.921. The zero-order chi connectivity index (χ0) is 35.0. The van der Waals surface area contributed by atoms with Crippen LogP contribution in [-0.2, 0) is 10.2 Å². The zero-order valence-electron chi connectivity index (χ0n) is 27.8. The molecule has 2 aliphatic heterocycles. The highest BCUT2D eigenvalue weighted by atomic mass is 35.5. The Kier molecular flexibility index (Phi) is 10.6. The van der Waals surface area contributed by atoms with Gasteiger partial charge in [-0.1, -0.05) is 81.9 Å². The van der Waals surface area contributed by atoms with Gasteiger partial charge in [-0.05, 0) is 54.2 Å². The van der Waals surface area contributed by atoms with E-state index in [4.69, 9.17) is 32.7 Å². The molecule has 0 aromatic heterocycles. The van der Waals surface area contributed by atoms with Crippen molar-refractivity contribution in [3.05, 3.63) is 93.0 Å². The van der Waals surface area contributed by atoms with E-state index in [-0.39, 0.29) is 51.2 Å². The molecule has 0 radical (unpaired) electrons. The van der Waals surface area contributed by atoms with Gasteiger partial charge in [-0.15, -0.1) is 0 Å². The molecular weight excluding hydrogens is 659 g/mol. The first-order valence-corrected chi connectivity index (χ1v) is 16.9. The van der Waals surface area contributed by atoms with Crippen molar-refractivity contribution >= 4 is 34.9 Å². The van der Waals surface area contributed by atoms with Gasteiger partial charge in [0.15, 0.2) is 0 Å². The molecule has 5 atom stereocenters. The maximum Gasteiger partial charge on any atom is 0.339 e. The minimum atomic E-state index is -1.60. The van der Waals surface area contributed by atoms with Crippen LogP contribution in [0.2, 0.25) is 10.0 Å². The number of hydrogen-bond donors (Lipinski definition) is 1. The molecule has 11 heteroatoms. The van der Waals surface area contributed by atoms with Gasteiger partial charge >= 0.3 is 5.97 Å². The fourth-order valence-electron chi connectivity index (χ4n) is 7.69. The first-order chi connectivity index (χ1) is 22.8. The van der Waals surface area contributed by atoms with Crippen molar-refractivity contribution in [3.63, 3.8) is 0 Å². The van der Waals surface area contributed by atoms with Crippen LogP contribution < -0.4 is 9.64 Å². The van der Waals surface area contributed by atoms with Gasteiger partial charge in [-0.25, -0.2) is 13.6 Å². The van der Waals surface area contributed by atoms with E-state index in [2.05, 4.69) is 38.7 Å². The van der Waals surface area contributed by atoms with E-state index in [1.54, 1.807) is 36.4 Å². The average molecular weight is 701 g/mol. The molecule has 2 saturated heterocycles. The Morgan fingerprint density at radius 1 is 1.17 bits per heavy atom. The molecule has 2 fully saturated rings. The van der Waals surface area contributed by atoms with Crippen molar-refractivity contribution in [3.8, 4) is 11.8 Å². The summed E-state index contributed by atoms with van der Waals surface area (Å²) in [5, 5.41) is 21.3. The summed E-state index contributed by atoms with van der Waals surface area (Å²) in [4.78, 5) is 16.2. The van der Waals surface area contributed by atoms with E-state index in [0.29, 0.717) is 18.5 Å². The minimum Gasteiger partial charge on any atom is -0.496 e. The van der Waals surface area contributed by atoms with Crippen LogP contribution in [0.5, 0.6) is 5.75 Å². The first-order valence-electron chi connectivity index (χ1n) is 16.1. The van der Waals surface area contributed by atoms with Crippen molar-refractivity contribution in [2.24, 2.45) is 5.41 Å². The third kappa shape index (κ3) is 6.48. The second-order valence-corrected chi connectivity index (χ2v) is 14.6. The SMILES string of the molecule is CCCCC1N(c2ccc(C(=O)O)c(OC)c2)COCC2C(c3cccc(Cl)c3F)C(C#N)(c3ccc(Cl)cc3F)C(CC(C)(C)C)N21. The number of rotatable bonds is 9. The first kappa shape index (κ1) is 35.9. The van der Waals surface area contributed by atoms with E-state index in [0.717, 1.165) is 12.8 Å². The number of unbranched alkanes of at least 4 members (excludes halogenated alkanes) is 1. The number of ether oxygens (including phenoxy) is 2. The van der Waals surface area contributed by atoms with Crippen molar-refractivity contribution in [2.75, 3.05) is 25.3 Å². The Hall–Kier alpha value is -3.42. The van der Waals surface area contributed by atoms with Crippen LogP contribution >= 0.6 is 23.2 Å². The van der Waals surface area contributed by atoms with Crippen molar-refractivity contribution in [1.82, 2.24) is 4.90 Å². The number of halogens is 4. The number of methoxy groups -OCH3 is 1. The predicted molar refractivity (Wildman–Crippen MR) is 183 cm³/mol. The van der Waals surface area contributed by atoms with E-state index < -0.39 is 47.2 Å². The number of nitrogens with zero attached hydrogens (tertiary/aromatic N) is 3. The molecule has 3 aromatic rings. The third-order valence-electron chi connectivity index (χ3n) is 9.61. The molecule has 0 amide bonds. The predicted octanol–water partition coefficient (Wildman–Crippen LogP) is 9.02. The van der Waals surface area contributed by atoms with Gasteiger partial charge in [0.1, 0.15) is 35.1 Å². The van der Waals surface area contributed by atoms with Crippen LogP contribution in [0.15, 0.2) is 54.6 Å². The van der Waals surface area contributed by atoms with Crippen molar-refractivity contribution in [2.45, 2.75) is 83.0 Å². The third-order valence-corrected chi connectivity index (χ3v) is 10.1. The summed E-state index contributed by atoms with van der Waals surface area (Å²) < 4.78 is 44.5. The van der Waals surface area contributed by atoms with E-state index in [1.165, 1.54) is 25.3 Å². The summed E-state index contributed by atoms with van der Waals surface area (Å²) >= 11 is 12.6. The highest BCUT2D eigenvalue weighted by Crippen LogP contribution is 2.58. The van der Waals surface area contributed by atoms with Gasteiger partial charge < -0.3 is 19.5 Å². The quantitative estimate of drug-likeness (QED) is 0.239. The molecule has 0 aliphatic carbocycles. The largest absolute Gasteiger partial charge is 0.496 e. The summed E-state index contributed by atoms with van der Waals surface area (Å²) in [6, 6.07) is 15.3. The molecule has 3 aromatic carbocycles. The number of anilines is 1. The number of carboxylic acid groups (broad SMARTS) is 1. The second kappa shape index (κ2) is 14.2. The fourth-order valence-corrected chi connectivity index (χ4v) is 8.03. The molecule has 0 bridgehead atoms. The number of hydrogen-bond acceptors (Lipinski definition) is 6. The maximum atomic E-state index is 16.3. The molecule has 1 N–H and O–H groups in total. The lowest BCUT2D eigenvalue weighted by Gasteiger charge is -2.45. The monoisotopic (exact) mass is 699 g/mol. The molecule has 48 heavy (non-hydrogen) atoms. The molecule has 2 aliphatic rings. The summed E-state index contributed by atoms with van der Waals surface area (Å²) in [5.74, 6) is -3.12. The van der Waals surface area contributed by atoms with Crippen LogP contribution in [-0.4, -0.2) is 54.7 Å². The standard InChI is InChI=1S/C37H41Cl2F2N3O4/c1-6-7-11-32-43(23-13-14-24(35(45)46)30(17-23)47-5)21-48-19-29-33(25-9-8-10-27(39)34(25)41)37(20-42,26-15-12-22(38)16-28(26)40)31(44(29)32)18-36(2,3)4/h8-10,12-17,29,31-33H,6-7,11,18-19,21H2,1-5H3,(H,45,46). The lowest BCUT2D eigenvalue weighted by molar-refractivity contribution is 0.0693. The topological polar surface area (TPSA) is 86.0 Å². The highest BCUT2D eigenvalue weighted by molar-refractivity contribution is 6.31. The van der Waals surface area contributed by atoms with Gasteiger partial charge in [-0.3, -0.25) is 4.90 Å². The van der Waals surface area contributed by atoms with Crippen molar-refractivity contribution < 1.29 is 28.2 Å². The Balaban J connectivity index is 1.83. The molecule has 2 heterocycles. The van der Waals surface area contributed by atoms with E-state index in [9.17, 15) is 15.2 Å². The van der Waals surface area contributed by atoms with E-state index >= 15 is 8.78 Å². The summed E-state index contributed by atoms with van der Waals surface area (Å²) in [6.07, 6.45) is 2.36. The molecule has 0 saturated carbocycles. The summed E-state index contributed by atoms with van der Waals surface area (Å²) in [7, 11) is 1.42. The fraction of sp³-hybridized carbons (Fsp3) is 0.459. The van der Waals surface area contributed by atoms with Gasteiger partial charge in [0.2, 0.25) is 0 Å². The Morgan fingerprint density at radius 3 is 2.54 bits per heavy atom. The number of fused-ring (bicyclic) bond motifs is 1. The molecule has 7 nitrogen and oxygen atoms in total. The number of aromatic carboxylic acids is 1. The Labute approximate surface area is 291 Å². The smallest absolute Gasteiger partial charge is 0.339 e. The molecule has 256 valence electrons. The molecule has 5 unspecified atom stereocenters. The van der Waals surface area contributed by atoms with Crippen LogP contribution in [0, 0.1) is 28.4 Å². The maximum absolute atomic E-state index is 16.3. The minimum absolute atomic E-state index is 0.0185. The van der Waals surface area contributed by atoms with Gasteiger partial charge in [0, 0.05) is 40.3 Å². The lowest BCUT2D eigenvalue weighted by atomic mass is 9.62. The molecule has 5 rings (SSSR count). The van der Waals surface area contributed by atoms with Gasteiger partial charge in [-0.2, -0.15) is 5.26 Å². The Bertz CT molecular complexity index is 1710. The van der Waals surface area contributed by atoms with Gasteiger partial charge in [0.25, 0.3) is 0 Å². The zero-order valence-corrected chi connectivity index (χ0v) is 29.3. The highest BCUT2D eigenvalue weighted by Gasteiger charge is 2.65. The van der Waals surface area contributed by atoms with Crippen LogP contribution in [0.3, 0.4) is 0 Å². The number of carbonyl (C=O) groups is 1. The van der Waals surface area contributed by atoms with Crippen molar-refractivity contribution in [1.29, 1.82) is 5.26 Å².